The van der Waals surface area contributed by atoms with Crippen molar-refractivity contribution in [1.82, 2.24) is 19.5 Å². The monoisotopic (exact) mass is 854 g/mol. The predicted molar refractivity (Wildman–Crippen MR) is 275 cm³/mol. The first-order valence-electron chi connectivity index (χ1n) is 22.6. The number of nitrogens with zero attached hydrogens (tertiary/aromatic N) is 4. The Labute approximate surface area is 381 Å². The Kier molecular flexibility index (Phi) is 7.40. The first kappa shape index (κ1) is 36.2. The standard InChI is InChI=1S/C61H34N4O2/c1-2-15-38-30-41(25-24-35(38)12-1)59-62-60(47-22-11-21-46-44-20-9-10-23-53(44)67-58(46)47)64-61(63-59)49-34-55-50(56-42-18-7-5-13-36(42)27-29-54(56)66-55)33-52(49)65-51-32-40-17-4-3-16-39(40)31-48(51)45-28-26-37-14-6-8-19-43(37)57(45)65/h1-34H. The summed E-state index contributed by atoms with van der Waals surface area (Å²) < 4.78 is 16.0. The number of para-hydroxylation sites is 2. The lowest BCUT2D eigenvalue weighted by Gasteiger charge is -2.16. The van der Waals surface area contributed by atoms with Crippen molar-refractivity contribution in [1.29, 1.82) is 0 Å². The molecule has 4 aromatic heterocycles. The molecule has 6 heteroatoms. The third-order valence-corrected chi connectivity index (χ3v) is 13.8. The van der Waals surface area contributed by atoms with Crippen molar-refractivity contribution >= 4 is 109 Å². The predicted octanol–water partition coefficient (Wildman–Crippen LogP) is 16.4. The van der Waals surface area contributed by atoms with Crippen LogP contribution in [0.3, 0.4) is 0 Å². The van der Waals surface area contributed by atoms with E-state index in [0.717, 1.165) is 126 Å². The van der Waals surface area contributed by atoms with Crippen LogP contribution in [0.4, 0.5) is 0 Å². The average molecular weight is 855 g/mol. The second kappa shape index (κ2) is 13.7. The van der Waals surface area contributed by atoms with Gasteiger partial charge in [0.05, 0.1) is 22.3 Å². The summed E-state index contributed by atoms with van der Waals surface area (Å²) in [4.78, 5) is 16.3. The van der Waals surface area contributed by atoms with E-state index in [1.807, 2.05) is 24.3 Å². The molecule has 4 heterocycles. The average Bonchev–Trinajstić information content (AvgIpc) is 4.06. The minimum absolute atomic E-state index is 0.512. The van der Waals surface area contributed by atoms with Crippen LogP contribution in [0, 0.1) is 0 Å². The van der Waals surface area contributed by atoms with Gasteiger partial charge in [0.15, 0.2) is 17.5 Å². The largest absolute Gasteiger partial charge is 0.456 e. The summed E-state index contributed by atoms with van der Waals surface area (Å²) in [6.45, 7) is 0. The van der Waals surface area contributed by atoms with Crippen LogP contribution < -0.4 is 0 Å². The molecule has 0 radical (unpaired) electrons. The number of rotatable bonds is 4. The molecule has 15 aromatic rings. The highest BCUT2D eigenvalue weighted by Crippen LogP contribution is 2.45. The molecular formula is C61H34N4O2. The summed E-state index contributed by atoms with van der Waals surface area (Å²) in [5, 5.41) is 15.6. The number of fused-ring (bicyclic) bond motifs is 15. The second-order valence-corrected chi connectivity index (χ2v) is 17.5. The molecular weight excluding hydrogens is 821 g/mol. The van der Waals surface area contributed by atoms with E-state index in [0.29, 0.717) is 17.5 Å². The van der Waals surface area contributed by atoms with Gasteiger partial charge in [-0.15, -0.1) is 0 Å². The van der Waals surface area contributed by atoms with Crippen molar-refractivity contribution in [2.24, 2.45) is 0 Å². The molecule has 0 spiro atoms. The van der Waals surface area contributed by atoms with Crippen molar-refractivity contribution in [2.75, 3.05) is 0 Å². The van der Waals surface area contributed by atoms with E-state index in [-0.39, 0.29) is 0 Å². The molecule has 0 saturated carbocycles. The van der Waals surface area contributed by atoms with E-state index < -0.39 is 0 Å². The van der Waals surface area contributed by atoms with Gasteiger partial charge < -0.3 is 13.4 Å². The van der Waals surface area contributed by atoms with E-state index in [2.05, 4.69) is 187 Å². The van der Waals surface area contributed by atoms with Crippen LogP contribution in [0.15, 0.2) is 215 Å². The number of benzene rings is 11. The molecule has 15 rings (SSSR count). The summed E-state index contributed by atoms with van der Waals surface area (Å²) in [6, 6.07) is 72.8. The maximum absolute atomic E-state index is 6.87. The minimum atomic E-state index is 0.512. The molecule has 0 bridgehead atoms. The van der Waals surface area contributed by atoms with Gasteiger partial charge in [0.2, 0.25) is 0 Å². The van der Waals surface area contributed by atoms with E-state index in [9.17, 15) is 0 Å². The lowest BCUT2D eigenvalue weighted by atomic mass is 10.0. The summed E-state index contributed by atoms with van der Waals surface area (Å²) in [6.07, 6.45) is 0. The maximum Gasteiger partial charge on any atom is 0.167 e. The van der Waals surface area contributed by atoms with Gasteiger partial charge in [0, 0.05) is 48.8 Å². The topological polar surface area (TPSA) is 69.9 Å². The Morgan fingerprint density at radius 3 is 1.79 bits per heavy atom. The first-order chi connectivity index (χ1) is 33.2. The summed E-state index contributed by atoms with van der Waals surface area (Å²) in [5.41, 5.74) is 8.69. The molecule has 0 aliphatic carbocycles. The van der Waals surface area contributed by atoms with E-state index in [4.69, 9.17) is 23.8 Å². The third kappa shape index (κ3) is 5.35. The zero-order valence-electron chi connectivity index (χ0n) is 35.7. The van der Waals surface area contributed by atoms with Gasteiger partial charge in [0.1, 0.15) is 22.3 Å². The van der Waals surface area contributed by atoms with Crippen molar-refractivity contribution in [3.8, 4) is 39.9 Å². The normalized spacial score (nSPS) is 12.2. The lowest BCUT2D eigenvalue weighted by molar-refractivity contribution is 0.668. The lowest BCUT2D eigenvalue weighted by Crippen LogP contribution is -2.04. The molecule has 6 nitrogen and oxygen atoms in total. The van der Waals surface area contributed by atoms with Crippen LogP contribution in [-0.2, 0) is 0 Å². The van der Waals surface area contributed by atoms with Crippen LogP contribution >= 0.6 is 0 Å². The number of aromatic nitrogens is 4. The summed E-state index contributed by atoms with van der Waals surface area (Å²) in [5.74, 6) is 1.58. The van der Waals surface area contributed by atoms with Gasteiger partial charge in [-0.05, 0) is 86.2 Å². The first-order valence-corrected chi connectivity index (χ1v) is 22.6. The molecule has 0 amide bonds. The highest BCUT2D eigenvalue weighted by molar-refractivity contribution is 6.23. The van der Waals surface area contributed by atoms with Crippen LogP contribution in [0.1, 0.15) is 0 Å². The number of hydrogen-bond acceptors (Lipinski definition) is 5. The molecule has 0 fully saturated rings. The third-order valence-electron chi connectivity index (χ3n) is 13.8. The minimum Gasteiger partial charge on any atom is -0.456 e. The molecule has 0 N–H and O–H groups in total. The fourth-order valence-corrected chi connectivity index (χ4v) is 10.7. The van der Waals surface area contributed by atoms with Crippen LogP contribution in [0.5, 0.6) is 0 Å². The SMILES string of the molecule is c1ccc2cc(-c3nc(-c4cc5oc6ccc7ccccc7c6c5cc4-n4c5cc6ccccc6cc5c5ccc6ccccc6c54)nc(-c4cccc5c4oc4ccccc45)n3)ccc2c1. The highest BCUT2D eigenvalue weighted by Gasteiger charge is 2.25. The smallest absolute Gasteiger partial charge is 0.167 e. The Morgan fingerprint density at radius 2 is 0.955 bits per heavy atom. The van der Waals surface area contributed by atoms with Gasteiger partial charge in [-0.25, -0.2) is 15.0 Å². The molecule has 0 aliphatic heterocycles. The van der Waals surface area contributed by atoms with Crippen molar-refractivity contribution in [3.05, 3.63) is 206 Å². The Balaban J connectivity index is 1.11. The molecule has 310 valence electrons. The molecule has 0 unspecified atom stereocenters. The quantitative estimate of drug-likeness (QED) is 0.176. The summed E-state index contributed by atoms with van der Waals surface area (Å²) >= 11 is 0. The molecule has 11 aromatic carbocycles. The van der Waals surface area contributed by atoms with Crippen LogP contribution in [-0.4, -0.2) is 19.5 Å². The van der Waals surface area contributed by atoms with E-state index >= 15 is 0 Å². The van der Waals surface area contributed by atoms with Crippen LogP contribution in [0.2, 0.25) is 0 Å². The second-order valence-electron chi connectivity index (χ2n) is 17.5. The highest BCUT2D eigenvalue weighted by atomic mass is 16.3. The van der Waals surface area contributed by atoms with Crippen molar-refractivity contribution in [2.45, 2.75) is 0 Å². The van der Waals surface area contributed by atoms with Crippen LogP contribution in [0.25, 0.3) is 149 Å². The van der Waals surface area contributed by atoms with Crippen molar-refractivity contribution < 1.29 is 8.83 Å². The number of hydrogen-bond donors (Lipinski definition) is 0. The Bertz CT molecular complexity index is 4590. The van der Waals surface area contributed by atoms with E-state index in [1.165, 1.54) is 5.39 Å². The zero-order valence-corrected chi connectivity index (χ0v) is 35.7. The Morgan fingerprint density at radius 1 is 0.328 bits per heavy atom. The van der Waals surface area contributed by atoms with Gasteiger partial charge in [0.25, 0.3) is 0 Å². The van der Waals surface area contributed by atoms with Gasteiger partial charge in [-0.2, -0.15) is 0 Å². The van der Waals surface area contributed by atoms with Gasteiger partial charge >= 0.3 is 0 Å². The molecule has 0 aliphatic rings. The van der Waals surface area contributed by atoms with E-state index in [1.54, 1.807) is 0 Å². The van der Waals surface area contributed by atoms with Gasteiger partial charge in [-0.3, -0.25) is 0 Å². The number of furan rings is 2. The van der Waals surface area contributed by atoms with Gasteiger partial charge in [-0.1, -0.05) is 158 Å². The maximum atomic E-state index is 6.87. The summed E-state index contributed by atoms with van der Waals surface area (Å²) in [7, 11) is 0. The Hall–Kier alpha value is -9.13. The molecule has 0 atom stereocenters. The zero-order chi connectivity index (χ0) is 43.7. The fraction of sp³-hybridized carbons (Fsp3) is 0. The molecule has 0 saturated heterocycles. The van der Waals surface area contributed by atoms with Crippen molar-refractivity contribution in [3.63, 3.8) is 0 Å². The molecule has 67 heavy (non-hydrogen) atoms. The fourth-order valence-electron chi connectivity index (χ4n) is 10.7.